The number of benzene rings is 1. The Kier molecular flexibility index (Phi) is 2.52. The molecular weight excluding hydrogens is 249 g/mol. The van der Waals surface area contributed by atoms with E-state index in [1.807, 2.05) is 0 Å². The normalized spacial score (nSPS) is 10.8. The van der Waals surface area contributed by atoms with Crippen LogP contribution in [-0.4, -0.2) is 19.4 Å². The van der Waals surface area contributed by atoms with Gasteiger partial charge in [-0.25, -0.2) is 14.1 Å². The van der Waals surface area contributed by atoms with E-state index in [0.717, 1.165) is 4.68 Å². The molecule has 3 aromatic rings. The Morgan fingerprint density at radius 2 is 2.11 bits per heavy atom. The smallest absolute Gasteiger partial charge is 0.283 e. The number of aromatic nitrogens is 4. The highest BCUT2D eigenvalue weighted by molar-refractivity contribution is 5.72. The van der Waals surface area contributed by atoms with E-state index < -0.39 is 5.82 Å². The Morgan fingerprint density at radius 1 is 1.32 bits per heavy atom. The molecule has 2 aromatic heterocycles. The van der Waals surface area contributed by atoms with Gasteiger partial charge in [0.25, 0.3) is 5.56 Å². The number of anilines is 1. The van der Waals surface area contributed by atoms with Crippen LogP contribution < -0.4 is 11.0 Å². The van der Waals surface area contributed by atoms with E-state index in [4.69, 9.17) is 0 Å². The van der Waals surface area contributed by atoms with Gasteiger partial charge in [0.15, 0.2) is 5.65 Å². The van der Waals surface area contributed by atoms with Gasteiger partial charge < -0.3 is 0 Å². The predicted octanol–water partition coefficient (Wildman–Crippen LogP) is 1.14. The number of nitrogens with zero attached hydrogens (tertiary/aromatic N) is 4. The highest BCUT2D eigenvalue weighted by Crippen LogP contribution is 2.12. The minimum Gasteiger partial charge on any atom is -0.287 e. The molecule has 1 N–H and O–H groups in total. The van der Waals surface area contributed by atoms with E-state index in [2.05, 4.69) is 15.5 Å². The lowest BCUT2D eigenvalue weighted by Gasteiger charge is -2.09. The van der Waals surface area contributed by atoms with E-state index in [1.54, 1.807) is 19.2 Å². The summed E-state index contributed by atoms with van der Waals surface area (Å²) in [5.74, 6) is -0.444. The van der Waals surface area contributed by atoms with Gasteiger partial charge in [-0.15, -0.1) is 0 Å². The maximum atomic E-state index is 13.5. The summed E-state index contributed by atoms with van der Waals surface area (Å²) in [7, 11) is 1.70. The van der Waals surface area contributed by atoms with Gasteiger partial charge in [0.05, 0.1) is 11.9 Å². The fraction of sp³-hybridized carbons (Fsp3) is 0.0833. The first-order chi connectivity index (χ1) is 9.16. The lowest BCUT2D eigenvalue weighted by Crippen LogP contribution is -2.26. The SMILES string of the molecule is Cn1ncc2c(=O)n(Nc3ccccc3F)cnc21. The molecule has 0 aliphatic heterocycles. The Labute approximate surface area is 107 Å². The van der Waals surface area contributed by atoms with E-state index in [1.165, 1.54) is 29.3 Å². The molecule has 19 heavy (non-hydrogen) atoms. The third kappa shape index (κ3) is 1.85. The fourth-order valence-corrected chi connectivity index (χ4v) is 1.79. The minimum atomic E-state index is -0.444. The topological polar surface area (TPSA) is 64.7 Å². The molecule has 96 valence electrons. The van der Waals surface area contributed by atoms with Crippen molar-refractivity contribution in [1.29, 1.82) is 0 Å². The van der Waals surface area contributed by atoms with E-state index in [9.17, 15) is 9.18 Å². The van der Waals surface area contributed by atoms with Crippen LogP contribution in [0.25, 0.3) is 11.0 Å². The first kappa shape index (κ1) is 11.4. The van der Waals surface area contributed by atoms with Crippen molar-refractivity contribution in [2.24, 2.45) is 7.05 Å². The first-order valence-electron chi connectivity index (χ1n) is 5.58. The molecule has 0 radical (unpaired) electrons. The molecule has 0 saturated heterocycles. The number of rotatable bonds is 2. The number of aryl methyl sites for hydroxylation is 1. The van der Waals surface area contributed by atoms with Crippen LogP contribution in [0.1, 0.15) is 0 Å². The van der Waals surface area contributed by atoms with Gasteiger partial charge in [-0.3, -0.25) is 14.9 Å². The monoisotopic (exact) mass is 259 g/mol. The summed E-state index contributed by atoms with van der Waals surface area (Å²) >= 11 is 0. The van der Waals surface area contributed by atoms with Crippen molar-refractivity contribution in [3.63, 3.8) is 0 Å². The van der Waals surface area contributed by atoms with Gasteiger partial charge >= 0.3 is 0 Å². The van der Waals surface area contributed by atoms with Crippen LogP contribution in [0.3, 0.4) is 0 Å². The minimum absolute atomic E-state index is 0.203. The molecule has 0 bridgehead atoms. The number of fused-ring (bicyclic) bond motifs is 1. The van der Waals surface area contributed by atoms with Crippen LogP contribution in [0.2, 0.25) is 0 Å². The first-order valence-corrected chi connectivity index (χ1v) is 5.58. The number of nitrogens with one attached hydrogen (secondary N) is 1. The van der Waals surface area contributed by atoms with Crippen molar-refractivity contribution in [2.45, 2.75) is 0 Å². The van der Waals surface area contributed by atoms with Gasteiger partial charge in [0, 0.05) is 7.05 Å². The third-order valence-electron chi connectivity index (χ3n) is 2.77. The second-order valence-electron chi connectivity index (χ2n) is 4.02. The molecule has 2 heterocycles. The molecule has 0 saturated carbocycles. The molecule has 0 atom stereocenters. The van der Waals surface area contributed by atoms with Crippen molar-refractivity contribution in [2.75, 3.05) is 5.43 Å². The molecule has 0 unspecified atom stereocenters. The second kappa shape index (κ2) is 4.20. The highest BCUT2D eigenvalue weighted by atomic mass is 19.1. The summed E-state index contributed by atoms with van der Waals surface area (Å²) in [6, 6.07) is 6.09. The van der Waals surface area contributed by atoms with Crippen LogP contribution in [0, 0.1) is 5.82 Å². The van der Waals surface area contributed by atoms with E-state index >= 15 is 0 Å². The summed E-state index contributed by atoms with van der Waals surface area (Å²) in [4.78, 5) is 16.2. The van der Waals surface area contributed by atoms with Gasteiger partial charge in [0.2, 0.25) is 0 Å². The average Bonchev–Trinajstić information content (AvgIpc) is 2.78. The quantitative estimate of drug-likeness (QED) is 0.749. The van der Waals surface area contributed by atoms with Crippen LogP contribution in [-0.2, 0) is 7.05 Å². The fourth-order valence-electron chi connectivity index (χ4n) is 1.79. The van der Waals surface area contributed by atoms with Crippen LogP contribution >= 0.6 is 0 Å². The molecule has 0 aliphatic carbocycles. The maximum Gasteiger partial charge on any atom is 0.283 e. The summed E-state index contributed by atoms with van der Waals surface area (Å²) < 4.78 is 16.1. The van der Waals surface area contributed by atoms with Crippen molar-refractivity contribution in [1.82, 2.24) is 19.4 Å². The van der Waals surface area contributed by atoms with Gasteiger partial charge in [-0.05, 0) is 12.1 Å². The number of hydrogen-bond donors (Lipinski definition) is 1. The van der Waals surface area contributed by atoms with Crippen molar-refractivity contribution in [3.05, 3.63) is 53.0 Å². The van der Waals surface area contributed by atoms with Crippen LogP contribution in [0.4, 0.5) is 10.1 Å². The molecule has 7 heteroatoms. The molecule has 1 aromatic carbocycles. The third-order valence-corrected chi connectivity index (χ3v) is 2.77. The summed E-state index contributed by atoms with van der Waals surface area (Å²) in [6.07, 6.45) is 2.74. The zero-order valence-electron chi connectivity index (χ0n) is 10.0. The average molecular weight is 259 g/mol. The largest absolute Gasteiger partial charge is 0.287 e. The van der Waals surface area contributed by atoms with Crippen molar-refractivity contribution in [3.8, 4) is 0 Å². The Bertz CT molecular complexity index is 807. The number of para-hydroxylation sites is 1. The Morgan fingerprint density at radius 3 is 2.89 bits per heavy atom. The zero-order chi connectivity index (χ0) is 13.4. The molecule has 0 spiro atoms. The van der Waals surface area contributed by atoms with Crippen LogP contribution in [0.15, 0.2) is 41.6 Å². The van der Waals surface area contributed by atoms with Crippen LogP contribution in [0.5, 0.6) is 0 Å². The molecule has 0 aliphatic rings. The Hall–Kier alpha value is -2.70. The second-order valence-corrected chi connectivity index (χ2v) is 4.02. The summed E-state index contributed by atoms with van der Waals surface area (Å²) in [6.45, 7) is 0. The lowest BCUT2D eigenvalue weighted by atomic mass is 10.3. The lowest BCUT2D eigenvalue weighted by molar-refractivity contribution is 0.627. The molecule has 0 fully saturated rings. The number of hydrogen-bond acceptors (Lipinski definition) is 4. The summed E-state index contributed by atoms with van der Waals surface area (Å²) in [5.41, 5.74) is 3.03. The standard InChI is InChI=1S/C12H10FN5O/c1-17-11-8(6-15-17)12(19)18(7-14-11)16-10-5-3-2-4-9(10)13/h2-7,16H,1H3. The molecule has 3 rings (SSSR count). The Balaban J connectivity index is 2.09. The maximum absolute atomic E-state index is 13.5. The van der Waals surface area contributed by atoms with Gasteiger partial charge in [0.1, 0.15) is 17.5 Å². The van der Waals surface area contributed by atoms with Crippen molar-refractivity contribution < 1.29 is 4.39 Å². The highest BCUT2D eigenvalue weighted by Gasteiger charge is 2.09. The molecule has 6 nitrogen and oxygen atoms in total. The summed E-state index contributed by atoms with van der Waals surface area (Å²) in [5, 5.41) is 4.33. The van der Waals surface area contributed by atoms with E-state index in [-0.39, 0.29) is 11.2 Å². The molecular formula is C12H10FN5O. The predicted molar refractivity (Wildman–Crippen MR) is 68.2 cm³/mol. The molecule has 0 amide bonds. The zero-order valence-corrected chi connectivity index (χ0v) is 10.0. The van der Waals surface area contributed by atoms with Gasteiger partial charge in [-0.1, -0.05) is 12.1 Å². The van der Waals surface area contributed by atoms with Gasteiger partial charge in [-0.2, -0.15) is 5.10 Å². The number of halogens is 1. The van der Waals surface area contributed by atoms with E-state index in [0.29, 0.717) is 11.0 Å². The van der Waals surface area contributed by atoms with Crippen molar-refractivity contribution >= 4 is 16.7 Å².